The van der Waals surface area contributed by atoms with Gasteiger partial charge in [0.2, 0.25) is 0 Å². The summed E-state index contributed by atoms with van der Waals surface area (Å²) in [5, 5.41) is 4.37. The van der Waals surface area contributed by atoms with E-state index in [0.29, 0.717) is 18.0 Å². The van der Waals surface area contributed by atoms with Gasteiger partial charge in [0.25, 0.3) is 0 Å². The quantitative estimate of drug-likeness (QED) is 0.814. The molecule has 0 saturated heterocycles. The number of hydrogen-bond donors (Lipinski definition) is 1. The van der Waals surface area contributed by atoms with Crippen molar-refractivity contribution in [3.05, 3.63) is 34.8 Å². The molecule has 1 N–H and O–H groups in total. The van der Waals surface area contributed by atoms with Gasteiger partial charge in [0, 0.05) is 10.9 Å². The van der Waals surface area contributed by atoms with Crippen LogP contribution in [-0.4, -0.2) is 6.54 Å². The summed E-state index contributed by atoms with van der Waals surface area (Å²) in [6.45, 7) is 5.83. The third-order valence-corrected chi connectivity index (χ3v) is 3.81. The van der Waals surface area contributed by atoms with Crippen molar-refractivity contribution in [2.45, 2.75) is 45.6 Å². The highest BCUT2D eigenvalue weighted by Crippen LogP contribution is 2.47. The van der Waals surface area contributed by atoms with E-state index in [4.69, 9.17) is 4.42 Å². The van der Waals surface area contributed by atoms with Gasteiger partial charge in [-0.2, -0.15) is 0 Å². The second-order valence-corrected chi connectivity index (χ2v) is 5.46. The number of fused-ring (bicyclic) bond motifs is 1. The Morgan fingerprint density at radius 1 is 1.37 bits per heavy atom. The number of aryl methyl sites for hydroxylation is 1. The molecular weight excluding hydrogens is 241 g/mol. The summed E-state index contributed by atoms with van der Waals surface area (Å²) in [6, 6.07) is 3.35. The molecule has 1 aromatic heterocycles. The van der Waals surface area contributed by atoms with Gasteiger partial charge < -0.3 is 9.73 Å². The average Bonchev–Trinajstić information content (AvgIpc) is 3.16. The molecule has 1 aromatic carbocycles. The fourth-order valence-corrected chi connectivity index (χ4v) is 2.72. The van der Waals surface area contributed by atoms with Gasteiger partial charge in [-0.05, 0) is 50.3 Å². The van der Waals surface area contributed by atoms with Crippen LogP contribution in [0.1, 0.15) is 49.0 Å². The average molecular weight is 261 g/mol. The van der Waals surface area contributed by atoms with Gasteiger partial charge in [0.15, 0.2) is 11.4 Å². The van der Waals surface area contributed by atoms with E-state index in [1.807, 2.05) is 13.0 Å². The molecule has 0 radical (unpaired) electrons. The van der Waals surface area contributed by atoms with E-state index in [1.54, 1.807) is 0 Å². The van der Waals surface area contributed by atoms with E-state index in [2.05, 4.69) is 12.2 Å². The van der Waals surface area contributed by atoms with Crippen molar-refractivity contribution in [3.8, 4) is 0 Å². The molecule has 1 saturated carbocycles. The van der Waals surface area contributed by atoms with Crippen molar-refractivity contribution in [2.75, 3.05) is 6.54 Å². The van der Waals surface area contributed by atoms with Crippen molar-refractivity contribution in [2.24, 2.45) is 0 Å². The maximum atomic E-state index is 13.9. The van der Waals surface area contributed by atoms with Gasteiger partial charge in [-0.25, -0.2) is 4.39 Å². The van der Waals surface area contributed by atoms with E-state index in [1.165, 1.54) is 24.5 Å². The number of halogens is 1. The molecule has 1 aliphatic rings. The van der Waals surface area contributed by atoms with Crippen LogP contribution in [0.2, 0.25) is 0 Å². The molecule has 3 heteroatoms. The number of rotatable bonds is 5. The van der Waals surface area contributed by atoms with Crippen molar-refractivity contribution < 1.29 is 8.81 Å². The largest absolute Gasteiger partial charge is 0.456 e. The summed E-state index contributed by atoms with van der Waals surface area (Å²) in [5.41, 5.74) is 2.80. The third kappa shape index (κ3) is 2.27. The zero-order valence-electron chi connectivity index (χ0n) is 11.6. The summed E-state index contributed by atoms with van der Waals surface area (Å²) in [5.74, 6) is 1.25. The smallest absolute Gasteiger partial charge is 0.170 e. The minimum Gasteiger partial charge on any atom is -0.456 e. The molecule has 0 amide bonds. The molecule has 1 aliphatic carbocycles. The Labute approximate surface area is 113 Å². The SMILES string of the molecule is CCCNCc1oc2c(F)ccc(C)c2c1C1CC1. The lowest BCUT2D eigenvalue weighted by Gasteiger charge is -2.03. The van der Waals surface area contributed by atoms with Crippen LogP contribution >= 0.6 is 0 Å². The Hall–Kier alpha value is -1.35. The number of furan rings is 1. The molecule has 0 bridgehead atoms. The summed E-state index contributed by atoms with van der Waals surface area (Å²) in [6.07, 6.45) is 3.49. The maximum absolute atomic E-state index is 13.9. The minimum atomic E-state index is -0.246. The van der Waals surface area contributed by atoms with Gasteiger partial charge in [0.05, 0.1) is 6.54 Å². The van der Waals surface area contributed by atoms with Crippen LogP contribution in [0.3, 0.4) is 0 Å². The van der Waals surface area contributed by atoms with Crippen LogP contribution in [0.5, 0.6) is 0 Å². The first-order chi connectivity index (χ1) is 9.22. The van der Waals surface area contributed by atoms with Crippen molar-refractivity contribution >= 4 is 11.0 Å². The number of benzene rings is 1. The zero-order chi connectivity index (χ0) is 13.4. The van der Waals surface area contributed by atoms with E-state index in [9.17, 15) is 4.39 Å². The molecule has 102 valence electrons. The van der Waals surface area contributed by atoms with Crippen LogP contribution in [-0.2, 0) is 6.54 Å². The van der Waals surface area contributed by atoms with E-state index in [0.717, 1.165) is 29.7 Å². The Balaban J connectivity index is 2.08. The zero-order valence-corrected chi connectivity index (χ0v) is 11.6. The predicted octanol–water partition coefficient (Wildman–Crippen LogP) is 4.26. The molecule has 3 rings (SSSR count). The van der Waals surface area contributed by atoms with Crippen LogP contribution in [0, 0.1) is 12.7 Å². The van der Waals surface area contributed by atoms with E-state index < -0.39 is 0 Å². The van der Waals surface area contributed by atoms with Crippen LogP contribution in [0.4, 0.5) is 4.39 Å². The van der Waals surface area contributed by atoms with Crippen molar-refractivity contribution in [1.82, 2.24) is 5.32 Å². The first kappa shape index (κ1) is 12.7. The topological polar surface area (TPSA) is 25.2 Å². The molecule has 1 heterocycles. The van der Waals surface area contributed by atoms with Crippen LogP contribution in [0.25, 0.3) is 11.0 Å². The van der Waals surface area contributed by atoms with E-state index >= 15 is 0 Å². The summed E-state index contributed by atoms with van der Waals surface area (Å²) < 4.78 is 19.7. The van der Waals surface area contributed by atoms with Crippen molar-refractivity contribution in [1.29, 1.82) is 0 Å². The molecule has 1 fully saturated rings. The van der Waals surface area contributed by atoms with Crippen LogP contribution in [0.15, 0.2) is 16.5 Å². The number of nitrogens with one attached hydrogen (secondary N) is 1. The standard InChI is InChI=1S/C16H20FNO/c1-3-8-18-9-13-15(11-5-6-11)14-10(2)4-7-12(17)16(14)19-13/h4,7,11,18H,3,5-6,8-9H2,1-2H3. The molecule has 0 spiro atoms. The molecule has 0 aliphatic heterocycles. The van der Waals surface area contributed by atoms with Crippen molar-refractivity contribution in [3.63, 3.8) is 0 Å². The third-order valence-electron chi connectivity index (χ3n) is 3.81. The first-order valence-electron chi connectivity index (χ1n) is 7.13. The lowest BCUT2D eigenvalue weighted by Crippen LogP contribution is -2.14. The molecule has 19 heavy (non-hydrogen) atoms. The van der Waals surface area contributed by atoms with Crippen LogP contribution < -0.4 is 5.32 Å². The Kier molecular flexibility index (Phi) is 3.31. The normalized spacial score (nSPS) is 15.3. The summed E-state index contributed by atoms with van der Waals surface area (Å²) in [7, 11) is 0. The molecule has 2 aromatic rings. The lowest BCUT2D eigenvalue weighted by atomic mass is 10.0. The molecular formula is C16H20FNO. The lowest BCUT2D eigenvalue weighted by molar-refractivity contribution is 0.490. The van der Waals surface area contributed by atoms with Gasteiger partial charge in [-0.15, -0.1) is 0 Å². The monoisotopic (exact) mass is 261 g/mol. The highest BCUT2D eigenvalue weighted by Gasteiger charge is 2.32. The van der Waals surface area contributed by atoms with Gasteiger partial charge in [0.1, 0.15) is 5.76 Å². The minimum absolute atomic E-state index is 0.246. The Bertz CT molecular complexity index is 598. The summed E-state index contributed by atoms with van der Waals surface area (Å²) in [4.78, 5) is 0. The fraction of sp³-hybridized carbons (Fsp3) is 0.500. The first-order valence-corrected chi connectivity index (χ1v) is 7.13. The highest BCUT2D eigenvalue weighted by molar-refractivity contribution is 5.87. The molecule has 0 atom stereocenters. The van der Waals surface area contributed by atoms with Gasteiger partial charge >= 0.3 is 0 Å². The molecule has 2 nitrogen and oxygen atoms in total. The highest BCUT2D eigenvalue weighted by atomic mass is 19.1. The second kappa shape index (κ2) is 4.97. The Morgan fingerprint density at radius 2 is 2.16 bits per heavy atom. The number of hydrogen-bond acceptors (Lipinski definition) is 2. The Morgan fingerprint density at radius 3 is 2.84 bits per heavy atom. The maximum Gasteiger partial charge on any atom is 0.170 e. The predicted molar refractivity (Wildman–Crippen MR) is 74.9 cm³/mol. The summed E-state index contributed by atoms with van der Waals surface area (Å²) >= 11 is 0. The van der Waals surface area contributed by atoms with Gasteiger partial charge in [-0.1, -0.05) is 13.0 Å². The fourth-order valence-electron chi connectivity index (χ4n) is 2.72. The van der Waals surface area contributed by atoms with Gasteiger partial charge in [-0.3, -0.25) is 0 Å². The van der Waals surface area contributed by atoms with E-state index in [-0.39, 0.29) is 5.82 Å². The second-order valence-electron chi connectivity index (χ2n) is 5.46. The molecule has 0 unspecified atom stereocenters.